The van der Waals surface area contributed by atoms with E-state index in [1.165, 1.54) is 38.5 Å². The molecule has 0 amide bonds. The van der Waals surface area contributed by atoms with Crippen molar-refractivity contribution in [1.82, 2.24) is 0 Å². The summed E-state index contributed by atoms with van der Waals surface area (Å²) in [4.78, 5) is 22.5. The van der Waals surface area contributed by atoms with Gasteiger partial charge in [0.25, 0.3) is 0 Å². The molecule has 0 bridgehead atoms. The number of unbranched alkanes of at least 4 members (excludes halogenated alkanes) is 7. The van der Waals surface area contributed by atoms with Gasteiger partial charge >= 0.3 is 0 Å². The number of ether oxygens (including phenoxy) is 2. The van der Waals surface area contributed by atoms with Crippen LogP contribution >= 0.6 is 0 Å². The average molecular weight is 341 g/mol. The van der Waals surface area contributed by atoms with Gasteiger partial charge in [-0.15, -0.1) is 0 Å². The van der Waals surface area contributed by atoms with Gasteiger partial charge in [0.05, 0.1) is 6.54 Å². The van der Waals surface area contributed by atoms with Crippen molar-refractivity contribution < 1.29 is 14.3 Å². The lowest BCUT2D eigenvalue weighted by Gasteiger charge is -2.27. The van der Waals surface area contributed by atoms with E-state index in [4.69, 9.17) is 9.47 Å². The fraction of sp³-hybridized carbons (Fsp3) is 0.947. The van der Waals surface area contributed by atoms with Crippen molar-refractivity contribution in [3.05, 3.63) is 4.91 Å². The molecule has 1 saturated heterocycles. The highest BCUT2D eigenvalue weighted by Crippen LogP contribution is 2.20. The topological polar surface area (TPSA) is 65.0 Å². The Morgan fingerprint density at radius 3 is 2.46 bits per heavy atom. The van der Waals surface area contributed by atoms with Gasteiger partial charge in [0.15, 0.2) is 12.1 Å². The number of nitroso groups, excluding NO2 is 1. The Labute approximate surface area is 146 Å². The lowest BCUT2D eigenvalue weighted by Crippen LogP contribution is -2.33. The third kappa shape index (κ3) is 10.1. The van der Waals surface area contributed by atoms with Crippen molar-refractivity contribution in [2.24, 2.45) is 5.18 Å². The molecule has 24 heavy (non-hydrogen) atoms. The second kappa shape index (κ2) is 14.5. The van der Waals surface area contributed by atoms with Crippen molar-refractivity contribution in [2.45, 2.75) is 103 Å². The number of rotatable bonds is 15. The van der Waals surface area contributed by atoms with Crippen molar-refractivity contribution in [3.63, 3.8) is 0 Å². The molecular formula is C19H35NO4. The highest BCUT2D eigenvalue weighted by Gasteiger charge is 2.24. The second-order valence-electron chi connectivity index (χ2n) is 6.75. The number of nitrogens with zero attached hydrogens (tertiary/aromatic N) is 1. The molecule has 1 fully saturated rings. The molecule has 0 N–H and O–H groups in total. The lowest BCUT2D eigenvalue weighted by molar-refractivity contribution is -0.192. The van der Waals surface area contributed by atoms with E-state index < -0.39 is 6.10 Å². The molecule has 0 aromatic carbocycles. The van der Waals surface area contributed by atoms with E-state index in [0.29, 0.717) is 6.61 Å². The summed E-state index contributed by atoms with van der Waals surface area (Å²) in [6, 6.07) is 0. The van der Waals surface area contributed by atoms with Crippen LogP contribution in [0.2, 0.25) is 0 Å². The lowest BCUT2D eigenvalue weighted by atomic mass is 10.0. The van der Waals surface area contributed by atoms with E-state index in [0.717, 1.165) is 38.5 Å². The number of hydrogen-bond donors (Lipinski definition) is 0. The minimum absolute atomic E-state index is 0.00767. The minimum atomic E-state index is -0.435. The van der Waals surface area contributed by atoms with Crippen LogP contribution in [0.25, 0.3) is 0 Å². The fourth-order valence-corrected chi connectivity index (χ4v) is 3.09. The molecule has 1 heterocycles. The molecular weight excluding hydrogens is 306 g/mol. The molecule has 0 spiro atoms. The Morgan fingerprint density at radius 2 is 1.83 bits per heavy atom. The summed E-state index contributed by atoms with van der Waals surface area (Å²) in [5.74, 6) is -0.00767. The third-order valence-electron chi connectivity index (χ3n) is 4.58. The Balaban J connectivity index is 2.24. The van der Waals surface area contributed by atoms with Gasteiger partial charge in [-0.1, -0.05) is 63.5 Å². The summed E-state index contributed by atoms with van der Waals surface area (Å²) in [7, 11) is 0. The van der Waals surface area contributed by atoms with Crippen molar-refractivity contribution in [2.75, 3.05) is 13.2 Å². The van der Waals surface area contributed by atoms with E-state index in [-0.39, 0.29) is 25.0 Å². The predicted octanol–water partition coefficient (Wildman–Crippen LogP) is 5.15. The summed E-state index contributed by atoms with van der Waals surface area (Å²) >= 11 is 0. The molecule has 0 radical (unpaired) electrons. The molecule has 0 aromatic rings. The van der Waals surface area contributed by atoms with Crippen LogP contribution in [0.1, 0.15) is 90.4 Å². The van der Waals surface area contributed by atoms with Gasteiger partial charge in [0, 0.05) is 13.0 Å². The number of hydrogen-bond acceptors (Lipinski definition) is 5. The quantitative estimate of drug-likeness (QED) is 0.305. The van der Waals surface area contributed by atoms with Gasteiger partial charge in [-0.2, -0.15) is 4.91 Å². The maximum atomic E-state index is 12.2. The van der Waals surface area contributed by atoms with Crippen molar-refractivity contribution in [1.29, 1.82) is 0 Å². The Hall–Kier alpha value is -0.810. The maximum Gasteiger partial charge on any atom is 0.163 e. The van der Waals surface area contributed by atoms with Gasteiger partial charge in [-0.3, -0.25) is 4.79 Å². The van der Waals surface area contributed by atoms with Gasteiger partial charge in [0.2, 0.25) is 0 Å². The van der Waals surface area contributed by atoms with Crippen LogP contribution in [0.4, 0.5) is 0 Å². The molecule has 1 aliphatic heterocycles. The zero-order chi connectivity index (χ0) is 17.5. The molecule has 140 valence electrons. The van der Waals surface area contributed by atoms with E-state index in [1.54, 1.807) is 0 Å². The van der Waals surface area contributed by atoms with E-state index in [9.17, 15) is 9.70 Å². The van der Waals surface area contributed by atoms with E-state index >= 15 is 0 Å². The monoisotopic (exact) mass is 341 g/mol. The molecule has 0 aromatic heterocycles. The Kier molecular flexibility index (Phi) is 12.9. The first-order valence-corrected chi connectivity index (χ1v) is 9.86. The SMILES string of the molecule is CCCCCCCCCCC(OC1CCCCO1)C(=O)CCN=O. The molecule has 5 nitrogen and oxygen atoms in total. The predicted molar refractivity (Wildman–Crippen MR) is 96.0 cm³/mol. The molecule has 0 aliphatic carbocycles. The maximum absolute atomic E-state index is 12.2. The molecule has 2 unspecified atom stereocenters. The standard InChI is InChI=1S/C19H35NO4/c1-2-3-4-5-6-7-8-9-12-18(17(21)14-15-20-22)24-19-13-10-11-16-23-19/h18-19H,2-16H2,1H3. The summed E-state index contributed by atoms with van der Waals surface area (Å²) < 4.78 is 11.5. The van der Waals surface area contributed by atoms with Crippen LogP contribution in [-0.4, -0.2) is 31.3 Å². The largest absolute Gasteiger partial charge is 0.353 e. The Bertz CT molecular complexity index is 329. The Morgan fingerprint density at radius 1 is 1.12 bits per heavy atom. The minimum Gasteiger partial charge on any atom is -0.353 e. The van der Waals surface area contributed by atoms with Gasteiger partial charge in [0.1, 0.15) is 6.10 Å². The summed E-state index contributed by atoms with van der Waals surface area (Å²) in [6.45, 7) is 2.98. The van der Waals surface area contributed by atoms with Crippen LogP contribution in [0.5, 0.6) is 0 Å². The number of ketones is 1. The van der Waals surface area contributed by atoms with Crippen LogP contribution in [-0.2, 0) is 14.3 Å². The molecule has 1 rings (SSSR count). The van der Waals surface area contributed by atoms with Crippen LogP contribution in [0.3, 0.4) is 0 Å². The van der Waals surface area contributed by atoms with Gasteiger partial charge in [-0.25, -0.2) is 0 Å². The molecule has 1 aliphatic rings. The normalized spacial score (nSPS) is 19.1. The van der Waals surface area contributed by atoms with Crippen molar-refractivity contribution in [3.8, 4) is 0 Å². The average Bonchev–Trinajstić information content (AvgIpc) is 2.61. The summed E-state index contributed by atoms with van der Waals surface area (Å²) in [5, 5.41) is 2.79. The van der Waals surface area contributed by atoms with Crippen molar-refractivity contribution >= 4 is 5.78 Å². The zero-order valence-corrected chi connectivity index (χ0v) is 15.3. The number of carbonyl (C=O) groups excluding carboxylic acids is 1. The van der Waals surface area contributed by atoms with E-state index in [2.05, 4.69) is 12.1 Å². The third-order valence-corrected chi connectivity index (χ3v) is 4.58. The number of carbonyl (C=O) groups is 1. The zero-order valence-electron chi connectivity index (χ0n) is 15.3. The smallest absolute Gasteiger partial charge is 0.163 e. The fourth-order valence-electron chi connectivity index (χ4n) is 3.09. The van der Waals surface area contributed by atoms with Crippen LogP contribution in [0.15, 0.2) is 5.18 Å². The highest BCUT2D eigenvalue weighted by molar-refractivity contribution is 5.83. The first kappa shape index (κ1) is 21.2. The van der Waals surface area contributed by atoms with Gasteiger partial charge in [-0.05, 0) is 25.7 Å². The summed E-state index contributed by atoms with van der Waals surface area (Å²) in [6.07, 6.45) is 13.1. The van der Waals surface area contributed by atoms with Crippen LogP contribution < -0.4 is 0 Å². The molecule has 0 saturated carbocycles. The highest BCUT2D eigenvalue weighted by atomic mass is 16.7. The second-order valence-corrected chi connectivity index (χ2v) is 6.75. The van der Waals surface area contributed by atoms with Crippen LogP contribution in [0, 0.1) is 4.91 Å². The first-order chi connectivity index (χ1) is 11.8. The molecule has 2 atom stereocenters. The first-order valence-electron chi connectivity index (χ1n) is 9.86. The number of Topliss-reactive ketones (excluding diaryl/α,β-unsaturated/α-hetero) is 1. The van der Waals surface area contributed by atoms with E-state index in [1.807, 2.05) is 0 Å². The summed E-state index contributed by atoms with van der Waals surface area (Å²) in [5.41, 5.74) is 0. The molecule has 5 heteroatoms. The van der Waals surface area contributed by atoms with Gasteiger partial charge < -0.3 is 9.47 Å².